The van der Waals surface area contributed by atoms with E-state index in [1.807, 2.05) is 19.9 Å². The fourth-order valence-corrected chi connectivity index (χ4v) is 2.35. The summed E-state index contributed by atoms with van der Waals surface area (Å²) in [4.78, 5) is 8.25. The Morgan fingerprint density at radius 3 is 2.83 bits per heavy atom. The smallest absolute Gasteiger partial charge is 0.218 e. The zero-order valence-electron chi connectivity index (χ0n) is 10.8. The summed E-state index contributed by atoms with van der Waals surface area (Å²) >= 11 is 1.72. The van der Waals surface area contributed by atoms with Crippen LogP contribution in [0, 0.1) is 6.92 Å². The van der Waals surface area contributed by atoms with Crippen molar-refractivity contribution in [3.8, 4) is 5.88 Å². The Balaban J connectivity index is 1.99. The van der Waals surface area contributed by atoms with E-state index < -0.39 is 0 Å². The number of hydrogen-bond donors (Lipinski definition) is 1. The van der Waals surface area contributed by atoms with Gasteiger partial charge in [-0.1, -0.05) is 0 Å². The van der Waals surface area contributed by atoms with Gasteiger partial charge in [-0.25, -0.2) is 9.97 Å². The van der Waals surface area contributed by atoms with Gasteiger partial charge in [0.25, 0.3) is 0 Å². The van der Waals surface area contributed by atoms with Crippen LogP contribution >= 0.6 is 11.3 Å². The molecule has 0 aliphatic carbocycles. The van der Waals surface area contributed by atoms with Crippen molar-refractivity contribution < 1.29 is 4.74 Å². The number of aryl methyl sites for hydroxylation is 1. The van der Waals surface area contributed by atoms with Crippen molar-refractivity contribution in [2.75, 3.05) is 5.32 Å². The summed E-state index contributed by atoms with van der Waals surface area (Å²) in [5.74, 6) is 1.38. The van der Waals surface area contributed by atoms with Crippen LogP contribution in [0.15, 0.2) is 23.2 Å². The SMILES string of the molecule is Cc1cscc1CNc1cc(OC(C)C)ncn1. The molecule has 0 saturated carbocycles. The van der Waals surface area contributed by atoms with Crippen LogP contribution in [0.1, 0.15) is 25.0 Å². The molecule has 1 N–H and O–H groups in total. The third kappa shape index (κ3) is 3.43. The van der Waals surface area contributed by atoms with E-state index >= 15 is 0 Å². The molecular weight excluding hydrogens is 246 g/mol. The van der Waals surface area contributed by atoms with Crippen LogP contribution in [0.5, 0.6) is 5.88 Å². The molecule has 4 nitrogen and oxygen atoms in total. The molecular formula is C13H17N3OS. The fraction of sp³-hybridized carbons (Fsp3) is 0.385. The standard InChI is InChI=1S/C13H17N3OS/c1-9(2)17-13-4-12(15-8-16-13)14-5-11-7-18-6-10(11)3/h4,6-9H,5H2,1-3H3,(H,14,15,16). The number of aromatic nitrogens is 2. The highest BCUT2D eigenvalue weighted by Crippen LogP contribution is 2.17. The molecule has 0 fully saturated rings. The van der Waals surface area contributed by atoms with Crippen LogP contribution in [-0.2, 0) is 6.54 Å². The molecule has 0 aliphatic heterocycles. The summed E-state index contributed by atoms with van der Waals surface area (Å²) in [6.45, 7) is 6.84. The molecule has 0 atom stereocenters. The Kier molecular flexibility index (Phi) is 4.15. The lowest BCUT2D eigenvalue weighted by atomic mass is 10.2. The molecule has 0 saturated heterocycles. The zero-order valence-corrected chi connectivity index (χ0v) is 11.6. The maximum Gasteiger partial charge on any atom is 0.218 e. The van der Waals surface area contributed by atoms with Gasteiger partial charge in [0.05, 0.1) is 6.10 Å². The summed E-state index contributed by atoms with van der Waals surface area (Å²) in [6, 6.07) is 1.82. The van der Waals surface area contributed by atoms with E-state index in [0.717, 1.165) is 12.4 Å². The molecule has 5 heteroatoms. The van der Waals surface area contributed by atoms with Crippen LogP contribution < -0.4 is 10.1 Å². The quantitative estimate of drug-likeness (QED) is 0.899. The summed E-state index contributed by atoms with van der Waals surface area (Å²) in [6.07, 6.45) is 1.63. The normalized spacial score (nSPS) is 10.7. The van der Waals surface area contributed by atoms with Crippen molar-refractivity contribution in [2.45, 2.75) is 33.4 Å². The number of hydrogen-bond acceptors (Lipinski definition) is 5. The van der Waals surface area contributed by atoms with Gasteiger partial charge in [-0.15, -0.1) is 0 Å². The van der Waals surface area contributed by atoms with Crippen LogP contribution in [0.2, 0.25) is 0 Å². The van der Waals surface area contributed by atoms with Gasteiger partial charge >= 0.3 is 0 Å². The van der Waals surface area contributed by atoms with Crippen molar-refractivity contribution >= 4 is 17.2 Å². The van der Waals surface area contributed by atoms with Gasteiger partial charge < -0.3 is 10.1 Å². The van der Waals surface area contributed by atoms with E-state index in [2.05, 4.69) is 33.0 Å². The van der Waals surface area contributed by atoms with Crippen molar-refractivity contribution in [3.05, 3.63) is 34.3 Å². The number of rotatable bonds is 5. The average molecular weight is 263 g/mol. The number of anilines is 1. The molecule has 2 heterocycles. The molecule has 18 heavy (non-hydrogen) atoms. The molecule has 2 aromatic heterocycles. The van der Waals surface area contributed by atoms with Gasteiger partial charge in [0.1, 0.15) is 12.1 Å². The van der Waals surface area contributed by atoms with Gasteiger partial charge in [0, 0.05) is 12.6 Å². The Morgan fingerprint density at radius 2 is 2.17 bits per heavy atom. The van der Waals surface area contributed by atoms with Crippen LogP contribution in [-0.4, -0.2) is 16.1 Å². The van der Waals surface area contributed by atoms with Crippen LogP contribution in [0.4, 0.5) is 5.82 Å². The van der Waals surface area contributed by atoms with Gasteiger partial charge in [0.2, 0.25) is 5.88 Å². The number of ether oxygens (including phenoxy) is 1. The Hall–Kier alpha value is -1.62. The second kappa shape index (κ2) is 5.82. The highest BCUT2D eigenvalue weighted by atomic mass is 32.1. The van der Waals surface area contributed by atoms with Gasteiger partial charge in [-0.3, -0.25) is 0 Å². The van der Waals surface area contributed by atoms with Crippen LogP contribution in [0.25, 0.3) is 0 Å². The topological polar surface area (TPSA) is 47.0 Å². The predicted molar refractivity (Wildman–Crippen MR) is 74.2 cm³/mol. The van der Waals surface area contributed by atoms with E-state index in [4.69, 9.17) is 4.74 Å². The molecule has 0 radical (unpaired) electrons. The Labute approximate surface area is 111 Å². The van der Waals surface area contributed by atoms with Crippen molar-refractivity contribution in [3.63, 3.8) is 0 Å². The molecule has 0 unspecified atom stereocenters. The van der Waals surface area contributed by atoms with E-state index in [1.165, 1.54) is 17.5 Å². The minimum atomic E-state index is 0.117. The maximum atomic E-state index is 5.53. The van der Waals surface area contributed by atoms with E-state index in [0.29, 0.717) is 5.88 Å². The lowest BCUT2D eigenvalue weighted by Crippen LogP contribution is -2.08. The third-order valence-electron chi connectivity index (χ3n) is 2.42. The zero-order chi connectivity index (χ0) is 13.0. The first-order valence-corrected chi connectivity index (χ1v) is 6.83. The van der Waals surface area contributed by atoms with Crippen molar-refractivity contribution in [1.82, 2.24) is 9.97 Å². The minimum Gasteiger partial charge on any atom is -0.475 e. The molecule has 0 bridgehead atoms. The maximum absolute atomic E-state index is 5.53. The molecule has 0 amide bonds. The number of thiophene rings is 1. The van der Waals surface area contributed by atoms with Crippen LogP contribution in [0.3, 0.4) is 0 Å². The van der Waals surface area contributed by atoms with Gasteiger partial charge in [0.15, 0.2) is 0 Å². The largest absolute Gasteiger partial charge is 0.475 e. The summed E-state index contributed by atoms with van der Waals surface area (Å²) < 4.78 is 5.53. The van der Waals surface area contributed by atoms with E-state index in [-0.39, 0.29) is 6.10 Å². The average Bonchev–Trinajstić information content (AvgIpc) is 2.72. The Morgan fingerprint density at radius 1 is 1.33 bits per heavy atom. The fourth-order valence-electron chi connectivity index (χ4n) is 1.50. The molecule has 0 aliphatic rings. The minimum absolute atomic E-state index is 0.117. The second-order valence-corrected chi connectivity index (χ2v) is 5.09. The van der Waals surface area contributed by atoms with Gasteiger partial charge in [-0.05, 0) is 42.7 Å². The highest BCUT2D eigenvalue weighted by Gasteiger charge is 2.03. The molecule has 96 valence electrons. The first-order chi connectivity index (χ1) is 8.65. The molecule has 0 aromatic carbocycles. The van der Waals surface area contributed by atoms with E-state index in [1.54, 1.807) is 11.3 Å². The van der Waals surface area contributed by atoms with Crippen molar-refractivity contribution in [1.29, 1.82) is 0 Å². The summed E-state index contributed by atoms with van der Waals surface area (Å²) in [5.41, 5.74) is 2.60. The number of nitrogens with one attached hydrogen (secondary N) is 1. The monoisotopic (exact) mass is 263 g/mol. The lowest BCUT2D eigenvalue weighted by molar-refractivity contribution is 0.232. The third-order valence-corrected chi connectivity index (χ3v) is 3.33. The second-order valence-electron chi connectivity index (χ2n) is 4.34. The first kappa shape index (κ1) is 12.8. The summed E-state index contributed by atoms with van der Waals surface area (Å²) in [7, 11) is 0. The van der Waals surface area contributed by atoms with E-state index in [9.17, 15) is 0 Å². The highest BCUT2D eigenvalue weighted by molar-refractivity contribution is 7.08. The molecule has 0 spiro atoms. The lowest BCUT2D eigenvalue weighted by Gasteiger charge is -2.10. The summed E-state index contributed by atoms with van der Waals surface area (Å²) in [5, 5.41) is 7.57. The predicted octanol–water partition coefficient (Wildman–Crippen LogP) is 3.25. The van der Waals surface area contributed by atoms with Gasteiger partial charge in [-0.2, -0.15) is 11.3 Å². The Bertz CT molecular complexity index is 510. The molecule has 2 aromatic rings. The molecule has 2 rings (SSSR count). The van der Waals surface area contributed by atoms with Crippen molar-refractivity contribution in [2.24, 2.45) is 0 Å². The number of nitrogens with zero attached hydrogens (tertiary/aromatic N) is 2. The first-order valence-electron chi connectivity index (χ1n) is 5.89.